The fraction of sp³-hybridized carbons (Fsp3) is 0.273. The third-order valence-corrected chi connectivity index (χ3v) is 3.55. The molecule has 0 radical (unpaired) electrons. The molecule has 1 unspecified atom stereocenters. The van der Waals surface area contributed by atoms with Crippen molar-refractivity contribution in [1.82, 2.24) is 20.3 Å². The molecule has 5 nitrogen and oxygen atoms in total. The van der Waals surface area contributed by atoms with Crippen LogP contribution in [0.2, 0.25) is 5.15 Å². The molecule has 0 fully saturated rings. The van der Waals surface area contributed by atoms with Gasteiger partial charge in [0.1, 0.15) is 15.9 Å². The van der Waals surface area contributed by atoms with E-state index >= 15 is 0 Å². The molecule has 0 bridgehead atoms. The molecule has 94 valence electrons. The van der Waals surface area contributed by atoms with Gasteiger partial charge in [-0.25, -0.2) is 15.0 Å². The Morgan fingerprint density at radius 1 is 1.44 bits per heavy atom. The van der Waals surface area contributed by atoms with Crippen LogP contribution in [0.3, 0.4) is 0 Å². The lowest BCUT2D eigenvalue weighted by atomic mass is 10.3. The molecule has 2 heterocycles. The predicted octanol–water partition coefficient (Wildman–Crippen LogP) is 2.39. The predicted molar refractivity (Wildman–Crippen MR) is 69.8 cm³/mol. The molecule has 0 aliphatic rings. The van der Waals surface area contributed by atoms with Gasteiger partial charge in [0.2, 0.25) is 0 Å². The van der Waals surface area contributed by atoms with E-state index < -0.39 is 0 Å². The van der Waals surface area contributed by atoms with E-state index in [0.29, 0.717) is 0 Å². The molecular formula is C11H11ClN4OS. The molecule has 7 heteroatoms. The van der Waals surface area contributed by atoms with Crippen molar-refractivity contribution in [3.8, 4) is 0 Å². The molecule has 1 amide bonds. The molecule has 0 spiro atoms. The summed E-state index contributed by atoms with van der Waals surface area (Å²) in [6.45, 7) is 3.79. The van der Waals surface area contributed by atoms with Crippen molar-refractivity contribution < 1.29 is 4.79 Å². The van der Waals surface area contributed by atoms with E-state index in [4.69, 9.17) is 11.6 Å². The molecule has 0 saturated heterocycles. The van der Waals surface area contributed by atoms with E-state index in [2.05, 4.69) is 20.3 Å². The minimum absolute atomic E-state index is 0.159. The van der Waals surface area contributed by atoms with Crippen LogP contribution in [-0.2, 0) is 0 Å². The van der Waals surface area contributed by atoms with E-state index in [1.807, 2.05) is 19.2 Å². The van der Waals surface area contributed by atoms with Crippen LogP contribution in [0.1, 0.15) is 34.2 Å². The van der Waals surface area contributed by atoms with E-state index in [0.717, 1.165) is 10.7 Å². The summed E-state index contributed by atoms with van der Waals surface area (Å²) in [5, 5.41) is 5.88. The van der Waals surface area contributed by atoms with Crippen molar-refractivity contribution in [3.63, 3.8) is 0 Å². The molecular weight excluding hydrogens is 272 g/mol. The van der Waals surface area contributed by atoms with Gasteiger partial charge in [0.15, 0.2) is 0 Å². The summed E-state index contributed by atoms with van der Waals surface area (Å²) in [5.41, 5.74) is 1.18. The van der Waals surface area contributed by atoms with Gasteiger partial charge in [0.25, 0.3) is 5.91 Å². The van der Waals surface area contributed by atoms with Crippen LogP contribution in [0.4, 0.5) is 0 Å². The summed E-state index contributed by atoms with van der Waals surface area (Å²) in [5.74, 6) is -0.292. The number of nitrogens with zero attached hydrogens (tertiary/aromatic N) is 3. The van der Waals surface area contributed by atoms with E-state index in [9.17, 15) is 4.79 Å². The molecule has 2 aromatic heterocycles. The van der Waals surface area contributed by atoms with Gasteiger partial charge in [0.05, 0.1) is 18.4 Å². The van der Waals surface area contributed by atoms with E-state index in [-0.39, 0.29) is 22.8 Å². The number of rotatable bonds is 3. The Labute approximate surface area is 113 Å². The first-order valence-electron chi connectivity index (χ1n) is 5.26. The summed E-state index contributed by atoms with van der Waals surface area (Å²) >= 11 is 7.12. The second-order valence-corrected chi connectivity index (χ2v) is 5.02. The Morgan fingerprint density at radius 2 is 2.22 bits per heavy atom. The number of aryl methyl sites for hydroxylation is 1. The number of hydrogen-bond donors (Lipinski definition) is 1. The number of halogens is 1. The highest BCUT2D eigenvalue weighted by molar-refractivity contribution is 7.09. The Kier molecular flexibility index (Phi) is 3.88. The van der Waals surface area contributed by atoms with Crippen LogP contribution in [0, 0.1) is 6.92 Å². The lowest BCUT2D eigenvalue weighted by Gasteiger charge is -2.10. The van der Waals surface area contributed by atoms with E-state index in [1.165, 1.54) is 23.7 Å². The molecule has 2 aromatic rings. The molecule has 0 aliphatic heterocycles. The average molecular weight is 283 g/mol. The van der Waals surface area contributed by atoms with Crippen molar-refractivity contribution in [1.29, 1.82) is 0 Å². The maximum atomic E-state index is 11.9. The first-order chi connectivity index (χ1) is 8.56. The molecule has 1 N–H and O–H groups in total. The van der Waals surface area contributed by atoms with Gasteiger partial charge < -0.3 is 5.32 Å². The number of hydrogen-bond acceptors (Lipinski definition) is 5. The normalized spacial score (nSPS) is 12.2. The topological polar surface area (TPSA) is 67.8 Å². The Hall–Kier alpha value is -1.53. The summed E-state index contributed by atoms with van der Waals surface area (Å²) in [6.07, 6.45) is 2.69. The lowest BCUT2D eigenvalue weighted by Crippen LogP contribution is -2.27. The first-order valence-corrected chi connectivity index (χ1v) is 6.52. The number of carbonyl (C=O) groups is 1. The molecule has 0 saturated carbocycles. The Bertz CT molecular complexity index is 554. The smallest absolute Gasteiger partial charge is 0.272 e. The molecule has 0 aliphatic carbocycles. The summed E-state index contributed by atoms with van der Waals surface area (Å²) in [4.78, 5) is 23.9. The van der Waals surface area contributed by atoms with Gasteiger partial charge >= 0.3 is 0 Å². The minimum atomic E-state index is -0.292. The van der Waals surface area contributed by atoms with Gasteiger partial charge in [0, 0.05) is 11.1 Å². The van der Waals surface area contributed by atoms with Crippen LogP contribution < -0.4 is 5.32 Å². The van der Waals surface area contributed by atoms with Crippen molar-refractivity contribution >= 4 is 28.8 Å². The summed E-state index contributed by atoms with van der Waals surface area (Å²) < 4.78 is 0. The highest BCUT2D eigenvalue weighted by atomic mass is 35.5. The summed E-state index contributed by atoms with van der Waals surface area (Å²) in [7, 11) is 0. The van der Waals surface area contributed by atoms with Crippen molar-refractivity contribution in [2.45, 2.75) is 19.9 Å². The van der Waals surface area contributed by atoms with Crippen LogP contribution in [-0.4, -0.2) is 20.9 Å². The third-order valence-electron chi connectivity index (χ3n) is 2.21. The zero-order chi connectivity index (χ0) is 13.1. The number of thiazole rings is 1. The van der Waals surface area contributed by atoms with Crippen molar-refractivity contribution in [3.05, 3.63) is 39.3 Å². The van der Waals surface area contributed by atoms with Crippen LogP contribution in [0.15, 0.2) is 17.8 Å². The highest BCUT2D eigenvalue weighted by Gasteiger charge is 2.15. The number of carbonyl (C=O) groups excluding carboxylic acids is 1. The zero-order valence-electron chi connectivity index (χ0n) is 9.85. The molecule has 2 rings (SSSR count). The molecule has 0 aromatic carbocycles. The molecule has 1 atom stereocenters. The van der Waals surface area contributed by atoms with Gasteiger partial charge in [-0.1, -0.05) is 11.6 Å². The maximum Gasteiger partial charge on any atom is 0.272 e. The largest absolute Gasteiger partial charge is 0.342 e. The van der Waals surface area contributed by atoms with Gasteiger partial charge in [-0.2, -0.15) is 0 Å². The van der Waals surface area contributed by atoms with Gasteiger partial charge in [-0.15, -0.1) is 11.3 Å². The number of aromatic nitrogens is 3. The first kappa shape index (κ1) is 12.9. The van der Waals surface area contributed by atoms with Crippen LogP contribution >= 0.6 is 22.9 Å². The monoisotopic (exact) mass is 282 g/mol. The fourth-order valence-electron chi connectivity index (χ4n) is 1.33. The highest BCUT2D eigenvalue weighted by Crippen LogP contribution is 2.17. The summed E-state index contributed by atoms with van der Waals surface area (Å²) in [6, 6.07) is -0.159. The van der Waals surface area contributed by atoms with Crippen molar-refractivity contribution in [2.24, 2.45) is 0 Å². The minimum Gasteiger partial charge on any atom is -0.342 e. The second-order valence-electron chi connectivity index (χ2n) is 3.75. The number of nitrogens with one attached hydrogen (secondary N) is 1. The zero-order valence-corrected chi connectivity index (χ0v) is 11.4. The third kappa shape index (κ3) is 3.02. The quantitative estimate of drug-likeness (QED) is 0.938. The fourth-order valence-corrected chi connectivity index (χ4v) is 2.23. The van der Waals surface area contributed by atoms with E-state index in [1.54, 1.807) is 0 Å². The maximum absolute atomic E-state index is 11.9. The Morgan fingerprint density at radius 3 is 2.78 bits per heavy atom. The standard InChI is InChI=1S/C11H11ClN4OS/c1-6-5-18-11(15-6)7(2)16-10(17)8-3-14-9(12)4-13-8/h3-5,7H,1-2H3,(H,16,17). The van der Waals surface area contributed by atoms with Gasteiger partial charge in [-0.05, 0) is 13.8 Å². The van der Waals surface area contributed by atoms with Crippen molar-refractivity contribution in [2.75, 3.05) is 0 Å². The average Bonchev–Trinajstić information content (AvgIpc) is 2.76. The SMILES string of the molecule is Cc1csc(C(C)NC(=O)c2cnc(Cl)cn2)n1. The van der Waals surface area contributed by atoms with Crippen LogP contribution in [0.5, 0.6) is 0 Å². The van der Waals surface area contributed by atoms with Crippen LogP contribution in [0.25, 0.3) is 0 Å². The lowest BCUT2D eigenvalue weighted by molar-refractivity contribution is 0.0934. The Balaban J connectivity index is 2.05. The van der Waals surface area contributed by atoms with Gasteiger partial charge in [-0.3, -0.25) is 4.79 Å². The second kappa shape index (κ2) is 5.41. The molecule has 18 heavy (non-hydrogen) atoms. The number of amides is 1.